The molecule has 1 saturated heterocycles. The van der Waals surface area contributed by atoms with Crippen LogP contribution in [0.5, 0.6) is 0 Å². The van der Waals surface area contributed by atoms with E-state index in [0.29, 0.717) is 19.7 Å². The summed E-state index contributed by atoms with van der Waals surface area (Å²) in [7, 11) is 0. The van der Waals surface area contributed by atoms with Crippen molar-refractivity contribution < 1.29 is 9.53 Å². The number of likely N-dealkylation sites (tertiary alicyclic amines) is 1. The van der Waals surface area contributed by atoms with E-state index < -0.39 is 0 Å². The Kier molecular flexibility index (Phi) is 7.14. The maximum atomic E-state index is 12.0. The molecule has 3 nitrogen and oxygen atoms in total. The summed E-state index contributed by atoms with van der Waals surface area (Å²) in [5.41, 5.74) is 2.44. The van der Waals surface area contributed by atoms with Gasteiger partial charge in [0.05, 0.1) is 6.61 Å². The van der Waals surface area contributed by atoms with E-state index in [-0.39, 0.29) is 11.5 Å². The third-order valence-electron chi connectivity index (χ3n) is 4.86. The second-order valence-electron chi connectivity index (χ2n) is 6.38. The first-order chi connectivity index (χ1) is 11.9. The van der Waals surface area contributed by atoms with Crippen LogP contribution in [-0.4, -0.2) is 30.7 Å². The number of halogens is 2. The standard InChI is InChI=1S/C20H25BrClNO2/c1-4-25-19(24)23-13-11-20(12-14-23,15(2)5-6-16(3)21)17-7-9-18(22)10-8-17/h5-10H,4,11-14H2,1-3H3/b15-5+,16-6+. The van der Waals surface area contributed by atoms with Crippen LogP contribution < -0.4 is 0 Å². The molecule has 0 aromatic heterocycles. The highest BCUT2D eigenvalue weighted by atomic mass is 79.9. The van der Waals surface area contributed by atoms with Crippen molar-refractivity contribution in [3.05, 3.63) is 57.1 Å². The number of nitrogens with zero attached hydrogens (tertiary/aromatic N) is 1. The quantitative estimate of drug-likeness (QED) is 0.546. The highest BCUT2D eigenvalue weighted by Gasteiger charge is 2.39. The number of ether oxygens (including phenoxy) is 1. The van der Waals surface area contributed by atoms with Crippen molar-refractivity contribution >= 4 is 33.6 Å². The van der Waals surface area contributed by atoms with Gasteiger partial charge in [0.15, 0.2) is 0 Å². The zero-order chi connectivity index (χ0) is 18.4. The fourth-order valence-electron chi connectivity index (χ4n) is 3.36. The average Bonchev–Trinajstić information content (AvgIpc) is 2.60. The van der Waals surface area contributed by atoms with E-state index in [1.54, 1.807) is 4.90 Å². The van der Waals surface area contributed by atoms with Crippen LogP contribution in [0.15, 0.2) is 46.5 Å². The van der Waals surface area contributed by atoms with Crippen LogP contribution in [0.1, 0.15) is 39.2 Å². The van der Waals surface area contributed by atoms with Gasteiger partial charge in [0.1, 0.15) is 0 Å². The number of allylic oxidation sites excluding steroid dienone is 4. The van der Waals surface area contributed by atoms with E-state index in [0.717, 1.165) is 22.3 Å². The molecule has 1 aromatic carbocycles. The third kappa shape index (κ3) is 4.89. The number of carbonyl (C=O) groups excluding carboxylic acids is 1. The zero-order valence-electron chi connectivity index (χ0n) is 15.0. The predicted octanol–water partition coefficient (Wildman–Crippen LogP) is 6.08. The first-order valence-corrected chi connectivity index (χ1v) is 9.75. The molecule has 1 aliphatic rings. The molecule has 0 atom stereocenters. The predicted molar refractivity (Wildman–Crippen MR) is 107 cm³/mol. The Bertz CT molecular complexity index is 655. The van der Waals surface area contributed by atoms with Crippen molar-refractivity contribution in [2.24, 2.45) is 0 Å². The van der Waals surface area contributed by atoms with Gasteiger partial charge >= 0.3 is 6.09 Å². The van der Waals surface area contributed by atoms with Crippen LogP contribution in [0, 0.1) is 0 Å². The van der Waals surface area contributed by atoms with E-state index in [1.807, 2.05) is 26.0 Å². The van der Waals surface area contributed by atoms with Crippen molar-refractivity contribution in [3.8, 4) is 0 Å². The summed E-state index contributed by atoms with van der Waals surface area (Å²) < 4.78 is 6.23. The largest absolute Gasteiger partial charge is 0.450 e. The van der Waals surface area contributed by atoms with Gasteiger partial charge in [0.2, 0.25) is 0 Å². The summed E-state index contributed by atoms with van der Waals surface area (Å²) in [5.74, 6) is 0. The highest BCUT2D eigenvalue weighted by Crippen LogP contribution is 2.42. The summed E-state index contributed by atoms with van der Waals surface area (Å²) in [6.07, 6.45) is 5.75. The second kappa shape index (κ2) is 8.91. The molecule has 2 rings (SSSR count). The molecule has 25 heavy (non-hydrogen) atoms. The van der Waals surface area contributed by atoms with Crippen LogP contribution in [0.2, 0.25) is 5.02 Å². The normalized spacial score (nSPS) is 18.2. The smallest absolute Gasteiger partial charge is 0.409 e. The van der Waals surface area contributed by atoms with Gasteiger partial charge in [-0.05, 0) is 55.8 Å². The van der Waals surface area contributed by atoms with Gasteiger partial charge in [0.25, 0.3) is 0 Å². The second-order valence-corrected chi connectivity index (χ2v) is 8.07. The lowest BCUT2D eigenvalue weighted by Gasteiger charge is -2.43. The number of carbonyl (C=O) groups is 1. The first-order valence-electron chi connectivity index (χ1n) is 8.58. The van der Waals surface area contributed by atoms with Crippen LogP contribution >= 0.6 is 27.5 Å². The number of hydrogen-bond donors (Lipinski definition) is 0. The van der Waals surface area contributed by atoms with Crippen molar-refractivity contribution in [1.82, 2.24) is 4.90 Å². The van der Waals surface area contributed by atoms with Crippen molar-refractivity contribution in [3.63, 3.8) is 0 Å². The van der Waals surface area contributed by atoms with E-state index in [9.17, 15) is 4.79 Å². The number of piperidine rings is 1. The SMILES string of the molecule is CCOC(=O)N1CCC(/C(C)=C/C=C(\C)Br)(c2ccc(Cl)cc2)CC1. The molecular weight excluding hydrogens is 402 g/mol. The van der Waals surface area contributed by atoms with E-state index in [2.05, 4.69) is 47.1 Å². The summed E-state index contributed by atoms with van der Waals surface area (Å²) in [4.78, 5) is 13.8. The zero-order valence-corrected chi connectivity index (χ0v) is 17.4. The topological polar surface area (TPSA) is 29.5 Å². The molecule has 0 radical (unpaired) electrons. The lowest BCUT2D eigenvalue weighted by atomic mass is 9.68. The summed E-state index contributed by atoms with van der Waals surface area (Å²) in [6, 6.07) is 8.08. The maximum Gasteiger partial charge on any atom is 0.409 e. The van der Waals surface area contributed by atoms with Gasteiger partial charge in [-0.15, -0.1) is 0 Å². The van der Waals surface area contributed by atoms with Gasteiger partial charge in [-0.25, -0.2) is 4.79 Å². The average molecular weight is 427 g/mol. The molecule has 1 aromatic rings. The molecule has 0 spiro atoms. The van der Waals surface area contributed by atoms with Gasteiger partial charge in [-0.3, -0.25) is 0 Å². The third-order valence-corrected chi connectivity index (χ3v) is 5.37. The first kappa shape index (κ1) is 20.1. The highest BCUT2D eigenvalue weighted by molar-refractivity contribution is 9.11. The Morgan fingerprint density at radius 3 is 2.36 bits per heavy atom. The van der Waals surface area contributed by atoms with E-state index >= 15 is 0 Å². The number of rotatable bonds is 4. The molecule has 0 bridgehead atoms. The summed E-state index contributed by atoms with van der Waals surface area (Å²) in [5, 5.41) is 0.737. The van der Waals surface area contributed by atoms with Crippen LogP contribution in [0.3, 0.4) is 0 Å². The summed E-state index contributed by atoms with van der Waals surface area (Å²) in [6.45, 7) is 7.80. The lowest BCUT2D eigenvalue weighted by Crippen LogP contribution is -2.46. The Morgan fingerprint density at radius 1 is 1.24 bits per heavy atom. The molecule has 1 aliphatic heterocycles. The number of benzene rings is 1. The van der Waals surface area contributed by atoms with Crippen molar-refractivity contribution in [2.75, 3.05) is 19.7 Å². The van der Waals surface area contributed by atoms with Crippen molar-refractivity contribution in [1.29, 1.82) is 0 Å². The molecule has 1 heterocycles. The minimum absolute atomic E-state index is 0.0907. The fraction of sp³-hybridized carbons (Fsp3) is 0.450. The van der Waals surface area contributed by atoms with E-state index in [1.165, 1.54) is 11.1 Å². The van der Waals surface area contributed by atoms with E-state index in [4.69, 9.17) is 16.3 Å². The fourth-order valence-corrected chi connectivity index (χ4v) is 3.62. The molecule has 1 fully saturated rings. The molecule has 1 amide bonds. The van der Waals surface area contributed by atoms with Gasteiger partial charge in [0, 0.05) is 23.5 Å². The maximum absolute atomic E-state index is 12.0. The van der Waals surface area contributed by atoms with Gasteiger partial charge in [-0.1, -0.05) is 57.4 Å². The number of hydrogen-bond acceptors (Lipinski definition) is 2. The van der Waals surface area contributed by atoms with Crippen LogP contribution in [-0.2, 0) is 10.2 Å². The molecule has 0 saturated carbocycles. The minimum atomic E-state index is -0.218. The lowest BCUT2D eigenvalue weighted by molar-refractivity contribution is 0.0903. The molecule has 0 aliphatic carbocycles. The summed E-state index contributed by atoms with van der Waals surface area (Å²) >= 11 is 9.56. The molecule has 0 N–H and O–H groups in total. The molecule has 136 valence electrons. The molecule has 0 unspecified atom stereocenters. The Morgan fingerprint density at radius 2 is 1.84 bits per heavy atom. The Labute approximate surface area is 163 Å². The van der Waals surface area contributed by atoms with Crippen molar-refractivity contribution in [2.45, 2.75) is 39.0 Å². The Hall–Kier alpha value is -1.26. The van der Waals surface area contributed by atoms with Gasteiger partial charge < -0.3 is 9.64 Å². The molecule has 5 heteroatoms. The Balaban J connectivity index is 2.32. The number of amides is 1. The van der Waals surface area contributed by atoms with Crippen LogP contribution in [0.25, 0.3) is 0 Å². The molecular formula is C20H25BrClNO2. The van der Waals surface area contributed by atoms with Crippen LogP contribution in [0.4, 0.5) is 4.79 Å². The van der Waals surface area contributed by atoms with Gasteiger partial charge in [-0.2, -0.15) is 0 Å². The minimum Gasteiger partial charge on any atom is -0.450 e. The monoisotopic (exact) mass is 425 g/mol.